The summed E-state index contributed by atoms with van der Waals surface area (Å²) in [4.78, 5) is 9.87. The summed E-state index contributed by atoms with van der Waals surface area (Å²) in [6.45, 7) is 0. The van der Waals surface area contributed by atoms with E-state index in [0.29, 0.717) is 0 Å². The molecule has 0 saturated carbocycles. The van der Waals surface area contributed by atoms with Crippen LogP contribution in [0.2, 0.25) is 0 Å². The van der Waals surface area contributed by atoms with Crippen molar-refractivity contribution in [3.63, 3.8) is 0 Å². The molecule has 0 spiro atoms. The first-order chi connectivity index (χ1) is 27.3. The zero-order valence-corrected chi connectivity index (χ0v) is 29.9. The van der Waals surface area contributed by atoms with Crippen LogP contribution < -0.4 is 0 Å². The highest BCUT2D eigenvalue weighted by Crippen LogP contribution is 2.45. The molecular weight excluding hydrogens is 667 g/mol. The summed E-state index contributed by atoms with van der Waals surface area (Å²) in [5.74, 6) is 0.872. The fraction of sp³-hybridized carbons (Fsp3) is 0. The van der Waals surface area contributed by atoms with Gasteiger partial charge in [0.1, 0.15) is 5.82 Å². The first-order valence-corrected chi connectivity index (χ1v) is 18.7. The number of hydrogen-bond acceptors (Lipinski definition) is 2. The van der Waals surface area contributed by atoms with Crippen LogP contribution in [0.3, 0.4) is 0 Å². The van der Waals surface area contributed by atoms with Crippen LogP contribution >= 0.6 is 0 Å². The van der Waals surface area contributed by atoms with E-state index in [1.807, 2.05) is 12.4 Å². The van der Waals surface area contributed by atoms with Crippen LogP contribution in [0.5, 0.6) is 0 Å². The molecule has 0 aliphatic carbocycles. The van der Waals surface area contributed by atoms with Crippen LogP contribution in [0.15, 0.2) is 200 Å². The van der Waals surface area contributed by atoms with Gasteiger partial charge in [-0.25, -0.2) is 4.98 Å². The van der Waals surface area contributed by atoms with Gasteiger partial charge in [0.05, 0.1) is 16.7 Å². The van der Waals surface area contributed by atoms with Gasteiger partial charge in [0.2, 0.25) is 0 Å². The largest absolute Gasteiger partial charge is 0.294 e. The van der Waals surface area contributed by atoms with Gasteiger partial charge in [-0.2, -0.15) is 0 Å². The quantitative estimate of drug-likeness (QED) is 0.167. The van der Waals surface area contributed by atoms with Gasteiger partial charge in [-0.3, -0.25) is 9.55 Å². The highest BCUT2D eigenvalue weighted by Gasteiger charge is 2.18. The summed E-state index contributed by atoms with van der Waals surface area (Å²) in [5, 5.41) is 9.71. The maximum absolute atomic E-state index is 5.35. The first kappa shape index (κ1) is 31.2. The summed E-state index contributed by atoms with van der Waals surface area (Å²) >= 11 is 0. The number of aromatic nitrogens is 3. The van der Waals surface area contributed by atoms with Crippen molar-refractivity contribution in [2.24, 2.45) is 0 Å². The van der Waals surface area contributed by atoms with Gasteiger partial charge < -0.3 is 0 Å². The Morgan fingerprint density at radius 2 is 0.945 bits per heavy atom. The molecule has 0 atom stereocenters. The van der Waals surface area contributed by atoms with Gasteiger partial charge >= 0.3 is 0 Å². The molecule has 0 N–H and O–H groups in total. The van der Waals surface area contributed by atoms with Crippen LogP contribution in [0.25, 0.3) is 105 Å². The molecule has 0 saturated heterocycles. The normalized spacial score (nSPS) is 11.6. The molecule has 11 aromatic rings. The standard InChI is InChI=1S/C52H33N3/c1-2-12-34(13-3-1)37-26-27-48-45(32-37)46-33-53-29-28-49(46)55(48)50-23-11-22-47(54-50)38-16-10-17-39(31-38)51-41-18-6-8-20-43(41)52(44-21-9-7-19-42(44)51)40-25-24-35-14-4-5-15-36(35)30-40/h1-33H. The number of benzene rings is 8. The van der Waals surface area contributed by atoms with Crippen molar-refractivity contribution >= 4 is 54.1 Å². The summed E-state index contributed by atoms with van der Waals surface area (Å²) in [6, 6.07) is 67.7. The van der Waals surface area contributed by atoms with Gasteiger partial charge in [0.25, 0.3) is 0 Å². The molecule has 3 heterocycles. The number of hydrogen-bond donors (Lipinski definition) is 0. The predicted molar refractivity (Wildman–Crippen MR) is 231 cm³/mol. The monoisotopic (exact) mass is 699 g/mol. The van der Waals surface area contributed by atoms with Crippen LogP contribution in [-0.4, -0.2) is 14.5 Å². The van der Waals surface area contributed by atoms with Crippen molar-refractivity contribution in [1.82, 2.24) is 14.5 Å². The zero-order valence-electron chi connectivity index (χ0n) is 29.9. The molecule has 0 fully saturated rings. The van der Waals surface area contributed by atoms with Gasteiger partial charge in [0, 0.05) is 28.7 Å². The smallest absolute Gasteiger partial charge is 0.138 e. The average molecular weight is 700 g/mol. The Bertz CT molecular complexity index is 3210. The van der Waals surface area contributed by atoms with Crippen LogP contribution in [0, 0.1) is 0 Å². The molecule has 8 aromatic carbocycles. The fourth-order valence-corrected chi connectivity index (χ4v) is 8.56. The fourth-order valence-electron chi connectivity index (χ4n) is 8.56. The lowest BCUT2D eigenvalue weighted by molar-refractivity contribution is 1.08. The SMILES string of the molecule is c1ccc(-c2ccc3c(c2)c2cnccc2n3-c2cccc(-c3cccc(-c4c5ccccc5c(-c5ccc6ccccc6c5)c5ccccc45)c3)n2)cc1. The van der Waals surface area contributed by atoms with Gasteiger partial charge in [-0.1, -0.05) is 146 Å². The van der Waals surface area contributed by atoms with Crippen LogP contribution in [0.4, 0.5) is 0 Å². The highest BCUT2D eigenvalue weighted by atomic mass is 15.1. The zero-order chi connectivity index (χ0) is 36.3. The second-order valence-electron chi connectivity index (χ2n) is 14.2. The van der Waals surface area contributed by atoms with Crippen molar-refractivity contribution in [2.45, 2.75) is 0 Å². The van der Waals surface area contributed by atoms with E-state index in [2.05, 4.69) is 198 Å². The molecule has 55 heavy (non-hydrogen) atoms. The molecule has 0 radical (unpaired) electrons. The molecular formula is C52H33N3. The van der Waals surface area contributed by atoms with E-state index in [-0.39, 0.29) is 0 Å². The van der Waals surface area contributed by atoms with Crippen molar-refractivity contribution in [3.8, 4) is 50.5 Å². The lowest BCUT2D eigenvalue weighted by Crippen LogP contribution is -1.98. The molecule has 3 aromatic heterocycles. The average Bonchev–Trinajstić information content (AvgIpc) is 3.59. The summed E-state index contributed by atoms with van der Waals surface area (Å²) < 4.78 is 2.26. The molecule has 3 heteroatoms. The Hall–Kier alpha value is -7.36. The Morgan fingerprint density at radius 1 is 0.345 bits per heavy atom. The van der Waals surface area contributed by atoms with Crippen LogP contribution in [0.1, 0.15) is 0 Å². The summed E-state index contributed by atoms with van der Waals surface area (Å²) in [7, 11) is 0. The molecule has 0 aliphatic heterocycles. The van der Waals surface area contributed by atoms with E-state index in [1.54, 1.807) is 0 Å². The van der Waals surface area contributed by atoms with E-state index < -0.39 is 0 Å². The molecule has 256 valence electrons. The van der Waals surface area contributed by atoms with E-state index >= 15 is 0 Å². The summed E-state index contributed by atoms with van der Waals surface area (Å²) in [6.07, 6.45) is 3.83. The molecule has 3 nitrogen and oxygen atoms in total. The highest BCUT2D eigenvalue weighted by molar-refractivity contribution is 6.22. The Labute approximate surface area is 318 Å². The van der Waals surface area contributed by atoms with E-state index in [4.69, 9.17) is 4.98 Å². The van der Waals surface area contributed by atoms with Gasteiger partial charge in [-0.05, 0) is 108 Å². The van der Waals surface area contributed by atoms with Crippen LogP contribution in [-0.2, 0) is 0 Å². The minimum absolute atomic E-state index is 0.872. The molecule has 11 rings (SSSR count). The third-order valence-corrected chi connectivity index (χ3v) is 11.1. The maximum atomic E-state index is 5.35. The minimum Gasteiger partial charge on any atom is -0.294 e. The Kier molecular flexibility index (Phi) is 7.17. The topological polar surface area (TPSA) is 30.7 Å². The van der Waals surface area contributed by atoms with E-state index in [9.17, 15) is 0 Å². The Morgan fingerprint density at radius 3 is 1.71 bits per heavy atom. The number of fused-ring (bicyclic) bond motifs is 6. The van der Waals surface area contributed by atoms with Gasteiger partial charge in [-0.15, -0.1) is 0 Å². The third kappa shape index (κ3) is 5.13. The molecule has 0 aliphatic rings. The second-order valence-corrected chi connectivity index (χ2v) is 14.2. The Balaban J connectivity index is 1.07. The van der Waals surface area contributed by atoms with Crippen molar-refractivity contribution in [1.29, 1.82) is 0 Å². The van der Waals surface area contributed by atoms with Crippen molar-refractivity contribution in [3.05, 3.63) is 200 Å². The minimum atomic E-state index is 0.872. The molecule has 0 bridgehead atoms. The summed E-state index contributed by atoms with van der Waals surface area (Å²) in [5.41, 5.74) is 11.4. The first-order valence-electron chi connectivity index (χ1n) is 18.7. The van der Waals surface area contributed by atoms with E-state index in [1.165, 1.54) is 65.7 Å². The molecule has 0 amide bonds. The maximum Gasteiger partial charge on any atom is 0.138 e. The second kappa shape index (κ2) is 12.6. The van der Waals surface area contributed by atoms with Crippen molar-refractivity contribution in [2.75, 3.05) is 0 Å². The molecule has 0 unspecified atom stereocenters. The lowest BCUT2D eigenvalue weighted by Gasteiger charge is -2.18. The number of rotatable bonds is 5. The number of pyridine rings is 2. The predicted octanol–water partition coefficient (Wildman–Crippen LogP) is 13.7. The lowest BCUT2D eigenvalue weighted by atomic mass is 9.85. The number of nitrogens with zero attached hydrogens (tertiary/aromatic N) is 3. The van der Waals surface area contributed by atoms with Crippen molar-refractivity contribution < 1.29 is 0 Å². The van der Waals surface area contributed by atoms with Gasteiger partial charge in [0.15, 0.2) is 0 Å². The third-order valence-electron chi connectivity index (χ3n) is 11.1. The van der Waals surface area contributed by atoms with E-state index in [0.717, 1.165) is 38.9 Å².